The Morgan fingerprint density at radius 2 is 2.15 bits per heavy atom. The van der Waals surface area contributed by atoms with Gasteiger partial charge in [0.15, 0.2) is 11.5 Å². The van der Waals surface area contributed by atoms with Crippen LogP contribution in [0.2, 0.25) is 0 Å². The predicted octanol–water partition coefficient (Wildman–Crippen LogP) is 2.04. The molecular formula is C18H19N5O3S. The molecule has 0 saturated heterocycles. The Kier molecular flexibility index (Phi) is 5.10. The lowest BCUT2D eigenvalue weighted by molar-refractivity contribution is -0.128. The smallest absolute Gasteiger partial charge is 0.253 e. The molecule has 0 bridgehead atoms. The second-order valence-electron chi connectivity index (χ2n) is 5.93. The average molecular weight is 385 g/mol. The number of carbonyl (C=O) groups is 1. The molecule has 0 fully saturated rings. The molecule has 1 aliphatic heterocycles. The van der Waals surface area contributed by atoms with Crippen molar-refractivity contribution < 1.29 is 14.3 Å². The Morgan fingerprint density at radius 1 is 1.30 bits per heavy atom. The second kappa shape index (κ2) is 7.83. The molecule has 0 saturated carbocycles. The summed E-state index contributed by atoms with van der Waals surface area (Å²) in [6.45, 7) is 4.22. The maximum absolute atomic E-state index is 12.6. The standard InChI is InChI=1S/C18H19N5O3S/c1-2-22(11-13-4-5-14-15(10-13)26-9-8-25-14)16(24)12-27-18-20-17-19-6-3-7-23(17)21-18/h3-7,10H,2,8-9,11-12H2,1H3. The van der Waals surface area contributed by atoms with Crippen LogP contribution < -0.4 is 9.47 Å². The Balaban J connectivity index is 1.39. The van der Waals surface area contributed by atoms with Crippen LogP contribution in [0.1, 0.15) is 12.5 Å². The van der Waals surface area contributed by atoms with Crippen molar-refractivity contribution in [3.05, 3.63) is 42.2 Å². The van der Waals surface area contributed by atoms with Crippen LogP contribution in [0.15, 0.2) is 41.8 Å². The normalized spacial score (nSPS) is 12.9. The number of ether oxygens (including phenoxy) is 2. The fourth-order valence-corrected chi connectivity index (χ4v) is 3.50. The van der Waals surface area contributed by atoms with E-state index in [2.05, 4.69) is 15.1 Å². The highest BCUT2D eigenvalue weighted by Crippen LogP contribution is 2.31. The molecule has 0 spiro atoms. The molecule has 140 valence electrons. The first kappa shape index (κ1) is 17.6. The van der Waals surface area contributed by atoms with Crippen molar-refractivity contribution >= 4 is 23.4 Å². The Bertz CT molecular complexity index is 928. The molecular weight excluding hydrogens is 366 g/mol. The highest BCUT2D eigenvalue weighted by atomic mass is 32.2. The summed E-state index contributed by atoms with van der Waals surface area (Å²) in [5, 5.41) is 4.85. The minimum absolute atomic E-state index is 0.0317. The number of benzene rings is 1. The van der Waals surface area contributed by atoms with Gasteiger partial charge in [0.05, 0.1) is 5.75 Å². The molecule has 3 aromatic rings. The van der Waals surface area contributed by atoms with Gasteiger partial charge in [0, 0.05) is 25.5 Å². The van der Waals surface area contributed by atoms with Crippen LogP contribution in [0.25, 0.3) is 5.78 Å². The monoisotopic (exact) mass is 385 g/mol. The van der Waals surface area contributed by atoms with Crippen LogP contribution in [0.4, 0.5) is 0 Å². The third kappa shape index (κ3) is 3.97. The lowest BCUT2D eigenvalue weighted by Crippen LogP contribution is -2.31. The molecule has 3 heterocycles. The lowest BCUT2D eigenvalue weighted by atomic mass is 10.2. The summed E-state index contributed by atoms with van der Waals surface area (Å²) in [5.74, 6) is 2.31. The molecule has 2 aromatic heterocycles. The van der Waals surface area contributed by atoms with Gasteiger partial charge in [-0.15, -0.1) is 5.10 Å². The molecule has 4 rings (SSSR count). The maximum Gasteiger partial charge on any atom is 0.253 e. The molecule has 1 aliphatic rings. The van der Waals surface area contributed by atoms with Gasteiger partial charge in [-0.2, -0.15) is 4.98 Å². The molecule has 0 radical (unpaired) electrons. The van der Waals surface area contributed by atoms with E-state index in [9.17, 15) is 4.79 Å². The van der Waals surface area contributed by atoms with E-state index in [-0.39, 0.29) is 11.7 Å². The highest BCUT2D eigenvalue weighted by Gasteiger charge is 2.17. The maximum atomic E-state index is 12.6. The summed E-state index contributed by atoms with van der Waals surface area (Å²) in [6.07, 6.45) is 3.44. The summed E-state index contributed by atoms with van der Waals surface area (Å²) >= 11 is 1.31. The fourth-order valence-electron chi connectivity index (χ4n) is 2.78. The molecule has 0 N–H and O–H groups in total. The lowest BCUT2D eigenvalue weighted by Gasteiger charge is -2.23. The zero-order valence-electron chi connectivity index (χ0n) is 14.9. The van der Waals surface area contributed by atoms with Crippen molar-refractivity contribution in [1.29, 1.82) is 0 Å². The van der Waals surface area contributed by atoms with Crippen molar-refractivity contribution in [2.45, 2.75) is 18.6 Å². The Hall–Kier alpha value is -2.81. The van der Waals surface area contributed by atoms with E-state index in [1.54, 1.807) is 27.9 Å². The zero-order valence-corrected chi connectivity index (χ0v) is 15.7. The molecule has 8 nitrogen and oxygen atoms in total. The van der Waals surface area contributed by atoms with E-state index in [4.69, 9.17) is 9.47 Å². The van der Waals surface area contributed by atoms with E-state index >= 15 is 0 Å². The quantitative estimate of drug-likeness (QED) is 0.601. The largest absolute Gasteiger partial charge is 0.486 e. The minimum atomic E-state index is 0.0317. The molecule has 0 atom stereocenters. The SMILES string of the molecule is CCN(Cc1ccc2c(c1)OCCO2)C(=O)CSc1nc2ncccn2n1. The van der Waals surface area contributed by atoms with Gasteiger partial charge in [-0.25, -0.2) is 9.50 Å². The number of rotatable bonds is 6. The number of amides is 1. The number of hydrogen-bond acceptors (Lipinski definition) is 7. The van der Waals surface area contributed by atoms with Gasteiger partial charge in [-0.3, -0.25) is 4.79 Å². The second-order valence-corrected chi connectivity index (χ2v) is 6.88. The fraction of sp³-hybridized carbons (Fsp3) is 0.333. The molecule has 0 unspecified atom stereocenters. The van der Waals surface area contributed by atoms with Gasteiger partial charge in [-0.05, 0) is 30.7 Å². The predicted molar refractivity (Wildman–Crippen MR) is 100 cm³/mol. The van der Waals surface area contributed by atoms with Gasteiger partial charge in [-0.1, -0.05) is 17.8 Å². The van der Waals surface area contributed by atoms with Crippen LogP contribution >= 0.6 is 11.8 Å². The van der Waals surface area contributed by atoms with Crippen LogP contribution in [0.3, 0.4) is 0 Å². The number of hydrogen-bond donors (Lipinski definition) is 0. The first-order valence-corrected chi connectivity index (χ1v) is 9.68. The van der Waals surface area contributed by atoms with E-state index < -0.39 is 0 Å². The molecule has 1 amide bonds. The van der Waals surface area contributed by atoms with Crippen molar-refractivity contribution in [1.82, 2.24) is 24.5 Å². The number of aromatic nitrogens is 4. The average Bonchev–Trinajstić information content (AvgIpc) is 3.13. The van der Waals surface area contributed by atoms with Gasteiger partial charge >= 0.3 is 0 Å². The molecule has 27 heavy (non-hydrogen) atoms. The summed E-state index contributed by atoms with van der Waals surface area (Å²) < 4.78 is 12.8. The summed E-state index contributed by atoms with van der Waals surface area (Å²) in [6, 6.07) is 7.58. The first-order valence-electron chi connectivity index (χ1n) is 8.69. The Morgan fingerprint density at radius 3 is 2.96 bits per heavy atom. The third-order valence-electron chi connectivity index (χ3n) is 4.14. The number of fused-ring (bicyclic) bond motifs is 2. The van der Waals surface area contributed by atoms with E-state index in [0.29, 0.717) is 37.2 Å². The number of carbonyl (C=O) groups excluding carboxylic acids is 1. The topological polar surface area (TPSA) is 81.9 Å². The zero-order chi connectivity index (χ0) is 18.6. The van der Waals surface area contributed by atoms with Crippen molar-refractivity contribution in [2.75, 3.05) is 25.5 Å². The van der Waals surface area contributed by atoms with E-state index in [1.807, 2.05) is 25.1 Å². The first-order chi connectivity index (χ1) is 13.2. The van der Waals surface area contributed by atoms with Crippen LogP contribution in [-0.2, 0) is 11.3 Å². The third-order valence-corrected chi connectivity index (χ3v) is 4.96. The van der Waals surface area contributed by atoms with Crippen LogP contribution in [0, 0.1) is 0 Å². The van der Waals surface area contributed by atoms with Gasteiger partial charge in [0.25, 0.3) is 5.78 Å². The van der Waals surface area contributed by atoms with Crippen molar-refractivity contribution in [2.24, 2.45) is 0 Å². The van der Waals surface area contributed by atoms with Crippen LogP contribution in [-0.4, -0.2) is 55.9 Å². The molecule has 1 aromatic carbocycles. The Labute approximate surface area is 160 Å². The minimum Gasteiger partial charge on any atom is -0.486 e. The van der Waals surface area contributed by atoms with Gasteiger partial charge in [0.2, 0.25) is 11.1 Å². The molecule has 9 heteroatoms. The number of thioether (sulfide) groups is 1. The number of nitrogens with zero attached hydrogens (tertiary/aromatic N) is 5. The van der Waals surface area contributed by atoms with E-state index in [1.165, 1.54) is 11.8 Å². The molecule has 0 aliphatic carbocycles. The summed E-state index contributed by atoms with van der Waals surface area (Å²) in [4.78, 5) is 22.9. The van der Waals surface area contributed by atoms with Crippen molar-refractivity contribution in [3.63, 3.8) is 0 Å². The van der Waals surface area contributed by atoms with Gasteiger partial charge in [0.1, 0.15) is 13.2 Å². The highest BCUT2D eigenvalue weighted by molar-refractivity contribution is 7.99. The summed E-state index contributed by atoms with van der Waals surface area (Å²) in [5.41, 5.74) is 1.01. The summed E-state index contributed by atoms with van der Waals surface area (Å²) in [7, 11) is 0. The van der Waals surface area contributed by atoms with Crippen molar-refractivity contribution in [3.8, 4) is 11.5 Å². The van der Waals surface area contributed by atoms with Crippen LogP contribution in [0.5, 0.6) is 11.5 Å². The van der Waals surface area contributed by atoms with Gasteiger partial charge < -0.3 is 14.4 Å². The van der Waals surface area contributed by atoms with E-state index in [0.717, 1.165) is 17.1 Å².